The van der Waals surface area contributed by atoms with Crippen molar-refractivity contribution in [3.63, 3.8) is 0 Å². The summed E-state index contributed by atoms with van der Waals surface area (Å²) in [4.78, 5) is 0.248. The maximum absolute atomic E-state index is 12.5. The Labute approximate surface area is 128 Å². The molecule has 0 fully saturated rings. The summed E-state index contributed by atoms with van der Waals surface area (Å²) in [7, 11) is -3.51. The molecule has 0 aliphatic carbocycles. The molecule has 0 amide bonds. The summed E-state index contributed by atoms with van der Waals surface area (Å²) in [5.74, 6) is 1.08. The van der Waals surface area contributed by atoms with Gasteiger partial charge < -0.3 is 9.73 Å². The molecule has 0 aliphatic rings. The van der Waals surface area contributed by atoms with Gasteiger partial charge in [0.1, 0.15) is 16.4 Å². The number of sulfonamides is 1. The average Bonchev–Trinajstić information content (AvgIpc) is 2.77. The van der Waals surface area contributed by atoms with Crippen LogP contribution >= 0.6 is 0 Å². The molecule has 5 nitrogen and oxygen atoms in total. The first-order chi connectivity index (χ1) is 9.80. The van der Waals surface area contributed by atoms with Crippen LogP contribution in [0.4, 0.5) is 0 Å². The number of furan rings is 1. The Balaban J connectivity index is 2.87. The Bertz CT molecular complexity index is 535. The van der Waals surface area contributed by atoms with Crippen LogP contribution in [0.2, 0.25) is 0 Å². The molecule has 0 spiro atoms. The highest BCUT2D eigenvalue weighted by molar-refractivity contribution is 7.89. The average molecular weight is 316 g/mol. The minimum Gasteiger partial charge on any atom is -0.464 e. The monoisotopic (exact) mass is 316 g/mol. The van der Waals surface area contributed by atoms with Crippen molar-refractivity contribution in [3.8, 4) is 0 Å². The second kappa shape index (κ2) is 7.96. The van der Waals surface area contributed by atoms with E-state index in [2.05, 4.69) is 17.0 Å². The van der Waals surface area contributed by atoms with Gasteiger partial charge in [-0.15, -0.1) is 0 Å². The van der Waals surface area contributed by atoms with Crippen molar-refractivity contribution >= 4 is 10.0 Å². The highest BCUT2D eigenvalue weighted by atomic mass is 32.2. The molecule has 6 heteroatoms. The summed E-state index contributed by atoms with van der Waals surface area (Å²) >= 11 is 0. The minimum absolute atomic E-state index is 0.0217. The predicted octanol–water partition coefficient (Wildman–Crippen LogP) is 2.94. The first-order valence-electron chi connectivity index (χ1n) is 7.65. The standard InChI is InChI=1S/C15H28N2O3S/c1-6-8-13(7-2)17-21(18,19)15-9-14(20-12(15)5)10-16-11(3)4/h9,11,13,16-17H,6-8,10H2,1-5H3. The van der Waals surface area contributed by atoms with Crippen LogP contribution in [-0.2, 0) is 16.6 Å². The van der Waals surface area contributed by atoms with Crippen molar-refractivity contribution in [1.29, 1.82) is 0 Å². The van der Waals surface area contributed by atoms with Crippen LogP contribution in [0.3, 0.4) is 0 Å². The quantitative estimate of drug-likeness (QED) is 0.735. The van der Waals surface area contributed by atoms with E-state index in [9.17, 15) is 8.42 Å². The zero-order valence-corrected chi connectivity index (χ0v) is 14.5. The van der Waals surface area contributed by atoms with Gasteiger partial charge in [-0.3, -0.25) is 0 Å². The zero-order valence-electron chi connectivity index (χ0n) is 13.7. The second-order valence-electron chi connectivity index (χ2n) is 5.68. The van der Waals surface area contributed by atoms with Gasteiger partial charge >= 0.3 is 0 Å². The van der Waals surface area contributed by atoms with E-state index in [1.807, 2.05) is 20.8 Å². The molecule has 1 aromatic rings. The molecule has 0 saturated carbocycles. The third-order valence-corrected chi connectivity index (χ3v) is 4.98. The Hall–Kier alpha value is -0.850. The lowest BCUT2D eigenvalue weighted by molar-refractivity contribution is 0.443. The van der Waals surface area contributed by atoms with Gasteiger partial charge in [-0.1, -0.05) is 34.1 Å². The van der Waals surface area contributed by atoms with Gasteiger partial charge in [0.15, 0.2) is 0 Å². The lowest BCUT2D eigenvalue weighted by Gasteiger charge is -2.15. The summed E-state index contributed by atoms with van der Waals surface area (Å²) < 4.78 is 33.2. The van der Waals surface area contributed by atoms with Crippen LogP contribution < -0.4 is 10.0 Å². The molecule has 0 saturated heterocycles. The van der Waals surface area contributed by atoms with Crippen molar-refractivity contribution < 1.29 is 12.8 Å². The lowest BCUT2D eigenvalue weighted by atomic mass is 10.1. The molecule has 21 heavy (non-hydrogen) atoms. The van der Waals surface area contributed by atoms with Gasteiger partial charge in [0.2, 0.25) is 10.0 Å². The van der Waals surface area contributed by atoms with E-state index < -0.39 is 10.0 Å². The third kappa shape index (κ3) is 5.45. The van der Waals surface area contributed by atoms with E-state index >= 15 is 0 Å². The molecule has 0 aliphatic heterocycles. The van der Waals surface area contributed by atoms with E-state index in [0.717, 1.165) is 19.3 Å². The molecule has 0 radical (unpaired) electrons. The van der Waals surface area contributed by atoms with Crippen molar-refractivity contribution in [2.45, 2.75) is 77.4 Å². The van der Waals surface area contributed by atoms with E-state index in [1.165, 1.54) is 0 Å². The summed E-state index contributed by atoms with van der Waals surface area (Å²) in [6.45, 7) is 10.3. The molecule has 1 atom stereocenters. The smallest absolute Gasteiger partial charge is 0.244 e. The van der Waals surface area contributed by atoms with E-state index in [1.54, 1.807) is 13.0 Å². The van der Waals surface area contributed by atoms with Crippen LogP contribution in [0.5, 0.6) is 0 Å². The molecule has 0 aromatic carbocycles. The van der Waals surface area contributed by atoms with Crippen LogP contribution in [-0.4, -0.2) is 20.5 Å². The molecule has 122 valence electrons. The van der Waals surface area contributed by atoms with Crippen molar-refractivity contribution in [1.82, 2.24) is 10.0 Å². The Morgan fingerprint density at radius 1 is 1.29 bits per heavy atom. The van der Waals surface area contributed by atoms with Gasteiger partial charge in [0.25, 0.3) is 0 Å². The van der Waals surface area contributed by atoms with Crippen LogP contribution in [0, 0.1) is 6.92 Å². The number of hydrogen-bond donors (Lipinski definition) is 2. The molecule has 1 heterocycles. The molecule has 1 rings (SSSR count). The van der Waals surface area contributed by atoms with Crippen molar-refractivity contribution in [2.75, 3.05) is 0 Å². The first kappa shape index (κ1) is 18.2. The normalized spacial score (nSPS) is 13.8. The maximum Gasteiger partial charge on any atom is 0.244 e. The molecular weight excluding hydrogens is 288 g/mol. The van der Waals surface area contributed by atoms with E-state index in [4.69, 9.17) is 4.42 Å². The molecule has 0 bridgehead atoms. The second-order valence-corrected chi connectivity index (χ2v) is 7.37. The van der Waals surface area contributed by atoms with E-state index in [0.29, 0.717) is 24.1 Å². The maximum atomic E-state index is 12.5. The van der Waals surface area contributed by atoms with Gasteiger partial charge in [0, 0.05) is 18.2 Å². The summed E-state index contributed by atoms with van der Waals surface area (Å²) in [5.41, 5.74) is 0. The van der Waals surface area contributed by atoms with Crippen molar-refractivity contribution in [2.24, 2.45) is 0 Å². The number of nitrogens with one attached hydrogen (secondary N) is 2. The Morgan fingerprint density at radius 3 is 2.48 bits per heavy atom. The third-order valence-electron chi connectivity index (χ3n) is 3.35. The van der Waals surface area contributed by atoms with Gasteiger partial charge in [-0.25, -0.2) is 13.1 Å². The highest BCUT2D eigenvalue weighted by Gasteiger charge is 2.24. The summed E-state index contributed by atoms with van der Waals surface area (Å²) in [5, 5.41) is 3.22. The van der Waals surface area contributed by atoms with E-state index in [-0.39, 0.29) is 10.9 Å². The first-order valence-corrected chi connectivity index (χ1v) is 9.13. The van der Waals surface area contributed by atoms with Gasteiger partial charge in [-0.2, -0.15) is 0 Å². The fourth-order valence-electron chi connectivity index (χ4n) is 2.16. The predicted molar refractivity (Wildman–Crippen MR) is 84.7 cm³/mol. The molecule has 2 N–H and O–H groups in total. The summed E-state index contributed by atoms with van der Waals surface area (Å²) in [6, 6.07) is 1.92. The van der Waals surface area contributed by atoms with Crippen LogP contribution in [0.1, 0.15) is 58.5 Å². The molecule has 1 unspecified atom stereocenters. The summed E-state index contributed by atoms with van der Waals surface area (Å²) in [6.07, 6.45) is 2.58. The molecular formula is C15H28N2O3S. The zero-order chi connectivity index (χ0) is 16.0. The Kier molecular flexibility index (Phi) is 6.90. The topological polar surface area (TPSA) is 71.3 Å². The molecule has 1 aromatic heterocycles. The van der Waals surface area contributed by atoms with Gasteiger partial charge in [-0.05, 0) is 19.8 Å². The SMILES string of the molecule is CCCC(CC)NS(=O)(=O)c1cc(CNC(C)C)oc1C. The largest absolute Gasteiger partial charge is 0.464 e. The minimum atomic E-state index is -3.51. The van der Waals surface area contributed by atoms with Crippen molar-refractivity contribution in [3.05, 3.63) is 17.6 Å². The fraction of sp³-hybridized carbons (Fsp3) is 0.733. The number of hydrogen-bond acceptors (Lipinski definition) is 4. The number of rotatable bonds is 9. The van der Waals surface area contributed by atoms with Crippen LogP contribution in [0.15, 0.2) is 15.4 Å². The number of aryl methyl sites for hydroxylation is 1. The highest BCUT2D eigenvalue weighted by Crippen LogP contribution is 2.21. The van der Waals surface area contributed by atoms with Crippen LogP contribution in [0.25, 0.3) is 0 Å². The Morgan fingerprint density at radius 2 is 1.95 bits per heavy atom. The van der Waals surface area contributed by atoms with Gasteiger partial charge in [0.05, 0.1) is 6.54 Å². The lowest BCUT2D eigenvalue weighted by Crippen LogP contribution is -2.34. The fourth-order valence-corrected chi connectivity index (χ4v) is 3.72.